The third kappa shape index (κ3) is 2.37. The maximum absolute atomic E-state index is 5.86. The summed E-state index contributed by atoms with van der Waals surface area (Å²) in [7, 11) is 0. The van der Waals surface area contributed by atoms with Gasteiger partial charge < -0.3 is 4.74 Å². The molecule has 0 aliphatic heterocycles. The summed E-state index contributed by atoms with van der Waals surface area (Å²) in [6, 6.07) is 9.11. The fraction of sp³-hybridized carbons (Fsp3) is 0.154. The van der Waals surface area contributed by atoms with E-state index in [0.29, 0.717) is 10.8 Å². The van der Waals surface area contributed by atoms with Crippen LogP contribution in [0.3, 0.4) is 0 Å². The lowest BCUT2D eigenvalue weighted by molar-refractivity contribution is 0.218. The molecule has 1 atom stereocenters. The van der Waals surface area contributed by atoms with Crippen molar-refractivity contribution in [3.05, 3.63) is 53.6 Å². The van der Waals surface area contributed by atoms with E-state index in [1.807, 2.05) is 25.1 Å². The summed E-state index contributed by atoms with van der Waals surface area (Å²) >= 11 is 5.84. The molecule has 0 aliphatic carbocycles. The zero-order chi connectivity index (χ0) is 13.2. The number of hydrogen-bond donors (Lipinski definition) is 0. The highest BCUT2D eigenvalue weighted by atomic mass is 35.5. The van der Waals surface area contributed by atoms with Crippen molar-refractivity contribution in [3.8, 4) is 5.75 Å². The van der Waals surface area contributed by atoms with Crippen molar-refractivity contribution >= 4 is 17.4 Å². The molecule has 0 saturated heterocycles. The van der Waals surface area contributed by atoms with Crippen molar-refractivity contribution in [2.45, 2.75) is 13.0 Å². The maximum atomic E-state index is 5.86. The molecule has 0 spiro atoms. The van der Waals surface area contributed by atoms with E-state index in [1.165, 1.54) is 6.33 Å². The SMILES string of the molecule is C[C@H](Oc1ccc(Cl)cc1)c1ccnc2ncnn12. The number of halogens is 1. The van der Waals surface area contributed by atoms with Crippen molar-refractivity contribution < 1.29 is 4.74 Å². The first-order chi connectivity index (χ1) is 9.24. The highest BCUT2D eigenvalue weighted by molar-refractivity contribution is 6.30. The average Bonchev–Trinajstić information content (AvgIpc) is 2.89. The number of aromatic nitrogens is 4. The van der Waals surface area contributed by atoms with Gasteiger partial charge in [-0.2, -0.15) is 14.6 Å². The van der Waals surface area contributed by atoms with Crippen molar-refractivity contribution in [2.24, 2.45) is 0 Å². The van der Waals surface area contributed by atoms with Crippen LogP contribution in [0.1, 0.15) is 18.7 Å². The molecule has 0 bridgehead atoms. The zero-order valence-corrected chi connectivity index (χ0v) is 10.9. The van der Waals surface area contributed by atoms with Gasteiger partial charge in [0, 0.05) is 11.2 Å². The van der Waals surface area contributed by atoms with E-state index in [-0.39, 0.29) is 6.10 Å². The van der Waals surface area contributed by atoms with Crippen LogP contribution in [0.25, 0.3) is 5.78 Å². The normalized spacial score (nSPS) is 12.5. The lowest BCUT2D eigenvalue weighted by Crippen LogP contribution is -2.09. The predicted octanol–water partition coefficient (Wildman–Crippen LogP) is 2.92. The number of rotatable bonds is 3. The quantitative estimate of drug-likeness (QED) is 0.737. The van der Waals surface area contributed by atoms with Gasteiger partial charge in [-0.3, -0.25) is 0 Å². The van der Waals surface area contributed by atoms with Gasteiger partial charge in [-0.1, -0.05) is 11.6 Å². The molecule has 5 nitrogen and oxygen atoms in total. The van der Waals surface area contributed by atoms with Gasteiger partial charge in [0.2, 0.25) is 0 Å². The minimum absolute atomic E-state index is 0.173. The van der Waals surface area contributed by atoms with E-state index >= 15 is 0 Å². The Kier molecular flexibility index (Phi) is 3.05. The number of hydrogen-bond acceptors (Lipinski definition) is 4. The Morgan fingerprint density at radius 2 is 1.95 bits per heavy atom. The van der Waals surface area contributed by atoms with Crippen LogP contribution in [0.2, 0.25) is 5.02 Å². The molecular formula is C13H11ClN4O. The summed E-state index contributed by atoms with van der Waals surface area (Å²) in [5.74, 6) is 1.31. The molecule has 0 aliphatic rings. The fourth-order valence-electron chi connectivity index (χ4n) is 1.84. The van der Waals surface area contributed by atoms with E-state index in [2.05, 4.69) is 15.1 Å². The van der Waals surface area contributed by atoms with Crippen LogP contribution < -0.4 is 4.74 Å². The van der Waals surface area contributed by atoms with Crippen molar-refractivity contribution in [2.75, 3.05) is 0 Å². The molecule has 3 rings (SSSR count). The van der Waals surface area contributed by atoms with E-state index in [4.69, 9.17) is 16.3 Å². The van der Waals surface area contributed by atoms with E-state index < -0.39 is 0 Å². The molecule has 3 aromatic rings. The molecular weight excluding hydrogens is 264 g/mol. The van der Waals surface area contributed by atoms with Gasteiger partial charge in [0.05, 0.1) is 5.69 Å². The summed E-state index contributed by atoms with van der Waals surface area (Å²) in [4.78, 5) is 8.17. The largest absolute Gasteiger partial charge is 0.484 e. The molecule has 6 heteroatoms. The summed E-state index contributed by atoms with van der Waals surface area (Å²) in [6.07, 6.45) is 3.00. The molecule has 0 unspecified atom stereocenters. The summed E-state index contributed by atoms with van der Waals surface area (Å²) in [6.45, 7) is 1.95. The van der Waals surface area contributed by atoms with Gasteiger partial charge in [-0.15, -0.1) is 0 Å². The Labute approximate surface area is 114 Å². The smallest absolute Gasteiger partial charge is 0.252 e. The van der Waals surface area contributed by atoms with Gasteiger partial charge in [0.15, 0.2) is 0 Å². The molecule has 0 N–H and O–H groups in total. The zero-order valence-electron chi connectivity index (χ0n) is 10.2. The van der Waals surface area contributed by atoms with E-state index in [9.17, 15) is 0 Å². The lowest BCUT2D eigenvalue weighted by atomic mass is 10.2. The standard InChI is InChI=1S/C13H11ClN4O/c1-9(19-11-4-2-10(14)3-5-11)12-6-7-15-13-16-8-17-18(12)13/h2-9H,1H3/t9-/m0/s1. The molecule has 0 radical (unpaired) electrons. The Bertz CT molecular complexity index is 695. The number of fused-ring (bicyclic) bond motifs is 1. The van der Waals surface area contributed by atoms with Crippen LogP contribution in [-0.4, -0.2) is 19.6 Å². The monoisotopic (exact) mass is 274 g/mol. The van der Waals surface area contributed by atoms with Crippen LogP contribution >= 0.6 is 11.6 Å². The second-order valence-corrected chi connectivity index (χ2v) is 4.49. The van der Waals surface area contributed by atoms with Gasteiger partial charge in [-0.25, -0.2) is 4.98 Å². The van der Waals surface area contributed by atoms with Crippen LogP contribution in [-0.2, 0) is 0 Å². The van der Waals surface area contributed by atoms with Gasteiger partial charge >= 0.3 is 0 Å². The number of benzene rings is 1. The van der Waals surface area contributed by atoms with Gasteiger partial charge in [-0.05, 0) is 37.3 Å². The molecule has 2 aromatic heterocycles. The first-order valence-corrected chi connectivity index (χ1v) is 6.19. The Balaban J connectivity index is 1.89. The number of nitrogens with zero attached hydrogens (tertiary/aromatic N) is 4. The molecule has 0 amide bonds. The second-order valence-electron chi connectivity index (χ2n) is 4.06. The van der Waals surface area contributed by atoms with E-state index in [1.54, 1.807) is 22.8 Å². The predicted molar refractivity (Wildman–Crippen MR) is 71.3 cm³/mol. The van der Waals surface area contributed by atoms with Crippen molar-refractivity contribution in [1.29, 1.82) is 0 Å². The van der Waals surface area contributed by atoms with Crippen LogP contribution in [0.5, 0.6) is 5.75 Å². The highest BCUT2D eigenvalue weighted by Gasteiger charge is 2.12. The van der Waals surface area contributed by atoms with Crippen molar-refractivity contribution in [1.82, 2.24) is 19.6 Å². The molecule has 1 aromatic carbocycles. The second kappa shape index (κ2) is 4.85. The minimum atomic E-state index is -0.173. The van der Waals surface area contributed by atoms with Crippen LogP contribution in [0.4, 0.5) is 0 Å². The van der Waals surface area contributed by atoms with Crippen LogP contribution in [0.15, 0.2) is 42.9 Å². The van der Waals surface area contributed by atoms with Crippen molar-refractivity contribution in [3.63, 3.8) is 0 Å². The third-order valence-electron chi connectivity index (χ3n) is 2.75. The molecule has 0 saturated carbocycles. The minimum Gasteiger partial charge on any atom is -0.484 e. The third-order valence-corrected chi connectivity index (χ3v) is 3.00. The number of ether oxygens (including phenoxy) is 1. The molecule has 96 valence electrons. The summed E-state index contributed by atoms with van der Waals surface area (Å²) in [5.41, 5.74) is 0.887. The van der Waals surface area contributed by atoms with Gasteiger partial charge in [0.25, 0.3) is 5.78 Å². The Morgan fingerprint density at radius 1 is 1.16 bits per heavy atom. The molecule has 19 heavy (non-hydrogen) atoms. The molecule has 0 fully saturated rings. The lowest BCUT2D eigenvalue weighted by Gasteiger charge is -2.15. The Morgan fingerprint density at radius 3 is 2.74 bits per heavy atom. The fourth-order valence-corrected chi connectivity index (χ4v) is 1.97. The topological polar surface area (TPSA) is 52.3 Å². The highest BCUT2D eigenvalue weighted by Crippen LogP contribution is 2.22. The molecule has 2 heterocycles. The first-order valence-electron chi connectivity index (χ1n) is 5.81. The van der Waals surface area contributed by atoms with Crippen LogP contribution in [0, 0.1) is 0 Å². The summed E-state index contributed by atoms with van der Waals surface area (Å²) < 4.78 is 7.53. The summed E-state index contributed by atoms with van der Waals surface area (Å²) in [5, 5.41) is 4.82. The van der Waals surface area contributed by atoms with Gasteiger partial charge in [0.1, 0.15) is 18.2 Å². The Hall–Kier alpha value is -2.14. The van der Waals surface area contributed by atoms with E-state index in [0.717, 1.165) is 11.4 Å². The first kappa shape index (κ1) is 11.9. The average molecular weight is 275 g/mol. The maximum Gasteiger partial charge on any atom is 0.252 e.